The minimum absolute atomic E-state index is 0.150. The van der Waals surface area contributed by atoms with Gasteiger partial charge in [0.1, 0.15) is 0 Å². The van der Waals surface area contributed by atoms with Crippen LogP contribution in [0.4, 0.5) is 0 Å². The number of carbonyl (C=O) groups excluding carboxylic acids is 1. The lowest BCUT2D eigenvalue weighted by Gasteiger charge is -2.33. The Morgan fingerprint density at radius 1 is 1.21 bits per heavy atom. The van der Waals surface area contributed by atoms with Gasteiger partial charge in [-0.15, -0.1) is 11.3 Å². The van der Waals surface area contributed by atoms with Gasteiger partial charge >= 0.3 is 0 Å². The number of rotatable bonds is 6. The molecule has 130 valence electrons. The molecule has 1 fully saturated rings. The van der Waals surface area contributed by atoms with Crippen LogP contribution in [0.5, 0.6) is 0 Å². The Morgan fingerprint density at radius 3 is 2.54 bits per heavy atom. The number of nitrogens with zero attached hydrogens (tertiary/aromatic N) is 2. The number of hydrogen-bond acceptors (Lipinski definition) is 6. The summed E-state index contributed by atoms with van der Waals surface area (Å²) in [5.74, 6) is -0.932. The lowest BCUT2D eigenvalue weighted by atomic mass is 10.3. The zero-order valence-corrected chi connectivity index (χ0v) is 14.7. The number of nitrogens with two attached hydrogens (primary N) is 1. The van der Waals surface area contributed by atoms with Crippen LogP contribution in [0.1, 0.15) is 15.4 Å². The molecule has 1 aliphatic heterocycles. The molecule has 0 spiro atoms. The fraction of sp³-hybridized carbons (Fsp3) is 0.400. The molecule has 2 aromatic heterocycles. The smallest absolute Gasteiger partial charge is 0.284 e. The average molecular weight is 369 g/mol. The van der Waals surface area contributed by atoms with E-state index in [1.165, 1.54) is 21.3 Å². The normalized spacial score (nSPS) is 17.2. The molecule has 1 amide bonds. The molecule has 0 bridgehead atoms. The number of furan rings is 1. The van der Waals surface area contributed by atoms with Crippen LogP contribution in [0, 0.1) is 0 Å². The Labute approximate surface area is 144 Å². The molecular formula is C15H19N3O4S2. The summed E-state index contributed by atoms with van der Waals surface area (Å²) < 4.78 is 31.5. The molecule has 9 heteroatoms. The van der Waals surface area contributed by atoms with E-state index < -0.39 is 15.9 Å². The largest absolute Gasteiger partial charge is 0.438 e. The Bertz CT molecular complexity index is 791. The van der Waals surface area contributed by atoms with Crippen molar-refractivity contribution in [3.05, 3.63) is 40.3 Å². The molecule has 3 heterocycles. The number of amides is 1. The van der Waals surface area contributed by atoms with Gasteiger partial charge in [0, 0.05) is 37.6 Å². The van der Waals surface area contributed by atoms with E-state index in [-0.39, 0.29) is 10.9 Å². The third-order valence-corrected chi connectivity index (χ3v) is 6.71. The number of piperazine rings is 1. The first-order chi connectivity index (χ1) is 11.5. The van der Waals surface area contributed by atoms with E-state index in [0.29, 0.717) is 26.2 Å². The topological polar surface area (TPSA) is 96.8 Å². The second kappa shape index (κ2) is 7.06. The van der Waals surface area contributed by atoms with Crippen LogP contribution in [-0.4, -0.2) is 56.3 Å². The molecule has 0 atom stereocenters. The third kappa shape index (κ3) is 3.69. The summed E-state index contributed by atoms with van der Waals surface area (Å²) in [6.07, 6.45) is 0.977. The molecule has 0 unspecified atom stereocenters. The third-order valence-electron chi connectivity index (χ3n) is 4.00. The van der Waals surface area contributed by atoms with E-state index in [1.54, 1.807) is 11.3 Å². The summed E-state index contributed by atoms with van der Waals surface area (Å²) in [6.45, 7) is 3.07. The fourth-order valence-electron chi connectivity index (χ4n) is 2.64. The van der Waals surface area contributed by atoms with Crippen molar-refractivity contribution >= 4 is 27.3 Å². The van der Waals surface area contributed by atoms with Crippen LogP contribution >= 0.6 is 11.3 Å². The molecule has 7 nitrogen and oxygen atoms in total. The second-order valence-corrected chi connectivity index (χ2v) is 8.46. The fourth-order valence-corrected chi connectivity index (χ4v) is 4.67. The van der Waals surface area contributed by atoms with Crippen LogP contribution in [0.25, 0.3) is 0 Å². The van der Waals surface area contributed by atoms with Gasteiger partial charge in [-0.3, -0.25) is 4.79 Å². The van der Waals surface area contributed by atoms with Gasteiger partial charge in [0.15, 0.2) is 5.76 Å². The first-order valence-corrected chi connectivity index (χ1v) is 9.93. The molecule has 0 saturated carbocycles. The number of primary amides is 1. The number of thiophene rings is 1. The average Bonchev–Trinajstić information content (AvgIpc) is 3.25. The van der Waals surface area contributed by atoms with Crippen LogP contribution in [0.2, 0.25) is 0 Å². The van der Waals surface area contributed by atoms with Gasteiger partial charge in [0.25, 0.3) is 15.9 Å². The molecule has 0 radical (unpaired) electrons. The standard InChI is InChI=1S/C15H19N3O4S2/c16-15(19)13-3-4-14(22-13)24(20,21)18-9-7-17(8-10-18)6-5-12-2-1-11-23-12/h1-4,11H,5-10H2,(H2,16,19). The molecule has 3 rings (SSSR count). The Morgan fingerprint density at radius 2 is 1.96 bits per heavy atom. The lowest BCUT2D eigenvalue weighted by Crippen LogP contribution is -2.48. The van der Waals surface area contributed by atoms with Gasteiger partial charge in [-0.2, -0.15) is 4.31 Å². The number of sulfonamides is 1. The molecule has 2 N–H and O–H groups in total. The molecule has 1 aliphatic rings. The van der Waals surface area contributed by atoms with E-state index in [4.69, 9.17) is 10.2 Å². The van der Waals surface area contributed by atoms with Crippen molar-refractivity contribution in [2.45, 2.75) is 11.5 Å². The number of hydrogen-bond donors (Lipinski definition) is 1. The van der Waals surface area contributed by atoms with Crippen LogP contribution in [-0.2, 0) is 16.4 Å². The first kappa shape index (κ1) is 17.2. The summed E-state index contributed by atoms with van der Waals surface area (Å²) in [5, 5.41) is 1.83. The van der Waals surface area contributed by atoms with Gasteiger partial charge in [0.05, 0.1) is 0 Å². The van der Waals surface area contributed by atoms with Crippen LogP contribution in [0.15, 0.2) is 39.2 Å². The van der Waals surface area contributed by atoms with Crippen LogP contribution < -0.4 is 5.73 Å². The summed E-state index contributed by atoms with van der Waals surface area (Å²) >= 11 is 1.74. The first-order valence-electron chi connectivity index (χ1n) is 7.61. The predicted molar refractivity (Wildman–Crippen MR) is 90.4 cm³/mol. The molecule has 2 aromatic rings. The van der Waals surface area contributed by atoms with Crippen molar-refractivity contribution < 1.29 is 17.6 Å². The van der Waals surface area contributed by atoms with Crippen molar-refractivity contribution in [3.63, 3.8) is 0 Å². The van der Waals surface area contributed by atoms with E-state index in [0.717, 1.165) is 13.0 Å². The summed E-state index contributed by atoms with van der Waals surface area (Å²) in [5.41, 5.74) is 5.09. The maximum absolute atomic E-state index is 12.5. The highest BCUT2D eigenvalue weighted by molar-refractivity contribution is 7.89. The van der Waals surface area contributed by atoms with Gasteiger partial charge in [-0.25, -0.2) is 8.42 Å². The van der Waals surface area contributed by atoms with Gasteiger partial charge in [-0.05, 0) is 30.0 Å². The zero-order valence-electron chi connectivity index (χ0n) is 13.1. The highest BCUT2D eigenvalue weighted by atomic mass is 32.2. The SMILES string of the molecule is NC(=O)c1ccc(S(=O)(=O)N2CCN(CCc3cccs3)CC2)o1. The molecule has 0 aliphatic carbocycles. The van der Waals surface area contributed by atoms with E-state index >= 15 is 0 Å². The second-order valence-electron chi connectivity index (χ2n) is 5.56. The molecule has 1 saturated heterocycles. The highest BCUT2D eigenvalue weighted by Crippen LogP contribution is 2.20. The van der Waals surface area contributed by atoms with Crippen molar-refractivity contribution in [2.75, 3.05) is 32.7 Å². The summed E-state index contributed by atoms with van der Waals surface area (Å²) in [4.78, 5) is 14.6. The summed E-state index contributed by atoms with van der Waals surface area (Å²) in [7, 11) is -3.72. The van der Waals surface area contributed by atoms with E-state index in [2.05, 4.69) is 16.3 Å². The minimum atomic E-state index is -3.72. The molecule has 0 aromatic carbocycles. The van der Waals surface area contributed by atoms with Crippen molar-refractivity contribution in [1.82, 2.24) is 9.21 Å². The van der Waals surface area contributed by atoms with E-state index in [9.17, 15) is 13.2 Å². The summed E-state index contributed by atoms with van der Waals surface area (Å²) in [6, 6.07) is 6.71. The molecular weight excluding hydrogens is 350 g/mol. The van der Waals surface area contributed by atoms with Crippen molar-refractivity contribution in [3.8, 4) is 0 Å². The Hall–Kier alpha value is -1.68. The van der Waals surface area contributed by atoms with Gasteiger partial charge in [-0.1, -0.05) is 6.07 Å². The van der Waals surface area contributed by atoms with Gasteiger partial charge in [0.2, 0.25) is 5.09 Å². The maximum Gasteiger partial charge on any atom is 0.284 e. The Balaban J connectivity index is 1.57. The lowest BCUT2D eigenvalue weighted by molar-refractivity contribution is 0.0968. The predicted octanol–water partition coefficient (Wildman–Crippen LogP) is 0.989. The molecule has 24 heavy (non-hydrogen) atoms. The van der Waals surface area contributed by atoms with Gasteiger partial charge < -0.3 is 15.1 Å². The zero-order chi connectivity index (χ0) is 17.2. The highest BCUT2D eigenvalue weighted by Gasteiger charge is 2.31. The number of carbonyl (C=O) groups is 1. The Kier molecular flexibility index (Phi) is 5.04. The quantitative estimate of drug-likeness (QED) is 0.819. The minimum Gasteiger partial charge on any atom is -0.438 e. The van der Waals surface area contributed by atoms with Crippen molar-refractivity contribution in [1.29, 1.82) is 0 Å². The van der Waals surface area contributed by atoms with Crippen LogP contribution in [0.3, 0.4) is 0 Å². The van der Waals surface area contributed by atoms with E-state index in [1.807, 2.05) is 6.07 Å². The van der Waals surface area contributed by atoms with Crippen molar-refractivity contribution in [2.24, 2.45) is 5.73 Å². The maximum atomic E-state index is 12.5. The monoisotopic (exact) mass is 369 g/mol.